The van der Waals surface area contributed by atoms with Gasteiger partial charge in [0, 0.05) is 43.4 Å². The van der Waals surface area contributed by atoms with E-state index in [1.807, 2.05) is 18.2 Å². The van der Waals surface area contributed by atoms with E-state index in [9.17, 15) is 4.79 Å². The lowest BCUT2D eigenvalue weighted by Gasteiger charge is -2.32. The number of amides is 1. The number of nitrogens with zero attached hydrogens (tertiary/aromatic N) is 2. The minimum atomic E-state index is -0.139. The quantitative estimate of drug-likeness (QED) is 0.707. The highest BCUT2D eigenvalue weighted by molar-refractivity contribution is 6.04. The number of carbonyl (C=O) groups is 1. The number of piperidine rings is 1. The zero-order chi connectivity index (χ0) is 19.9. The third kappa shape index (κ3) is 5.72. The molecule has 0 radical (unpaired) electrons. The molecule has 0 bridgehead atoms. The lowest BCUT2D eigenvalue weighted by Crippen LogP contribution is -2.32. The first-order valence-corrected chi connectivity index (χ1v) is 10.4. The van der Waals surface area contributed by atoms with Gasteiger partial charge in [-0.15, -0.1) is 0 Å². The van der Waals surface area contributed by atoms with Gasteiger partial charge in [-0.1, -0.05) is 20.8 Å². The van der Waals surface area contributed by atoms with Crippen LogP contribution in [-0.2, 0) is 0 Å². The number of anilines is 3. The predicted octanol–water partition coefficient (Wildman–Crippen LogP) is 5.03. The Balaban J connectivity index is 1.57. The number of nitrogens with one attached hydrogen (secondary N) is 2. The third-order valence-electron chi connectivity index (χ3n) is 5.33. The summed E-state index contributed by atoms with van der Waals surface area (Å²) in [7, 11) is 0. The molecule has 5 nitrogen and oxygen atoms in total. The van der Waals surface area contributed by atoms with Gasteiger partial charge in [-0.05, 0) is 61.4 Å². The molecule has 0 unspecified atom stereocenters. The Kier molecular flexibility index (Phi) is 6.90. The molecule has 2 aromatic rings. The minimum Gasteiger partial charge on any atom is -0.384 e. The van der Waals surface area contributed by atoms with Gasteiger partial charge in [0.1, 0.15) is 0 Å². The highest BCUT2D eigenvalue weighted by Crippen LogP contribution is 2.24. The summed E-state index contributed by atoms with van der Waals surface area (Å²) < 4.78 is 0. The maximum atomic E-state index is 12.6. The average Bonchev–Trinajstić information content (AvgIpc) is 2.69. The first-order chi connectivity index (χ1) is 13.5. The van der Waals surface area contributed by atoms with Gasteiger partial charge < -0.3 is 15.5 Å². The van der Waals surface area contributed by atoms with E-state index in [-0.39, 0.29) is 5.91 Å². The monoisotopic (exact) mass is 380 g/mol. The molecule has 5 heteroatoms. The van der Waals surface area contributed by atoms with Crippen molar-refractivity contribution in [3.8, 4) is 0 Å². The molecule has 1 saturated heterocycles. The maximum absolute atomic E-state index is 12.6. The summed E-state index contributed by atoms with van der Waals surface area (Å²) in [6, 6.07) is 9.99. The van der Waals surface area contributed by atoms with Crippen LogP contribution in [0, 0.1) is 11.8 Å². The Morgan fingerprint density at radius 3 is 2.54 bits per heavy atom. The van der Waals surface area contributed by atoms with E-state index in [1.54, 1.807) is 12.4 Å². The molecule has 28 heavy (non-hydrogen) atoms. The van der Waals surface area contributed by atoms with Gasteiger partial charge in [-0.2, -0.15) is 0 Å². The normalized spacial score (nSPS) is 14.9. The Labute approximate surface area is 168 Å². The number of pyridine rings is 1. The van der Waals surface area contributed by atoms with E-state index in [4.69, 9.17) is 0 Å². The SMILES string of the molecule is CC(C)CCNc1cncc(C(=O)Nc2ccc(N3CCC(C)CC3)cc2)c1. The van der Waals surface area contributed by atoms with E-state index < -0.39 is 0 Å². The zero-order valence-corrected chi connectivity index (χ0v) is 17.2. The smallest absolute Gasteiger partial charge is 0.257 e. The maximum Gasteiger partial charge on any atom is 0.257 e. The van der Waals surface area contributed by atoms with Crippen LogP contribution in [0.15, 0.2) is 42.7 Å². The molecular formula is C23H32N4O. The molecule has 0 saturated carbocycles. The molecule has 1 fully saturated rings. The topological polar surface area (TPSA) is 57.3 Å². The van der Waals surface area contributed by atoms with Crippen LogP contribution >= 0.6 is 0 Å². The van der Waals surface area contributed by atoms with Crippen LogP contribution in [0.25, 0.3) is 0 Å². The lowest BCUT2D eigenvalue weighted by molar-refractivity contribution is 0.102. The van der Waals surface area contributed by atoms with E-state index in [0.29, 0.717) is 11.5 Å². The first kappa shape index (κ1) is 20.2. The summed E-state index contributed by atoms with van der Waals surface area (Å²) in [5.74, 6) is 1.32. The Hall–Kier alpha value is -2.56. The molecule has 150 valence electrons. The lowest BCUT2D eigenvalue weighted by atomic mass is 9.99. The molecule has 2 N–H and O–H groups in total. The van der Waals surface area contributed by atoms with E-state index in [2.05, 4.69) is 53.4 Å². The standard InChI is InChI=1S/C23H32N4O/c1-17(2)8-11-25-21-14-19(15-24-16-21)23(28)26-20-4-6-22(7-5-20)27-12-9-18(3)10-13-27/h4-7,14-18,25H,8-13H2,1-3H3,(H,26,28). The van der Waals surface area contributed by atoms with Crippen molar-refractivity contribution < 1.29 is 4.79 Å². The fourth-order valence-electron chi connectivity index (χ4n) is 3.39. The van der Waals surface area contributed by atoms with Gasteiger partial charge in [0.25, 0.3) is 5.91 Å². The van der Waals surface area contributed by atoms with Crippen LogP contribution in [0.5, 0.6) is 0 Å². The number of aromatic nitrogens is 1. The highest BCUT2D eigenvalue weighted by atomic mass is 16.1. The largest absolute Gasteiger partial charge is 0.384 e. The molecule has 0 spiro atoms. The summed E-state index contributed by atoms with van der Waals surface area (Å²) in [4.78, 5) is 19.2. The fourth-order valence-corrected chi connectivity index (χ4v) is 3.39. The van der Waals surface area contributed by atoms with Gasteiger partial charge in [0.15, 0.2) is 0 Å². The molecule has 1 aromatic heterocycles. The van der Waals surface area contributed by atoms with Crippen LogP contribution in [0.3, 0.4) is 0 Å². The van der Waals surface area contributed by atoms with Crippen LogP contribution in [0.1, 0.15) is 50.4 Å². The second kappa shape index (κ2) is 9.58. The van der Waals surface area contributed by atoms with Crippen molar-refractivity contribution in [3.05, 3.63) is 48.3 Å². The van der Waals surface area contributed by atoms with Crippen molar-refractivity contribution >= 4 is 23.0 Å². The molecule has 3 rings (SSSR count). The Morgan fingerprint density at radius 2 is 1.86 bits per heavy atom. The number of hydrogen-bond donors (Lipinski definition) is 2. The molecule has 2 heterocycles. The Morgan fingerprint density at radius 1 is 1.14 bits per heavy atom. The molecule has 1 aromatic carbocycles. The minimum absolute atomic E-state index is 0.139. The van der Waals surface area contributed by atoms with Gasteiger partial charge >= 0.3 is 0 Å². The van der Waals surface area contributed by atoms with Gasteiger partial charge in [0.2, 0.25) is 0 Å². The summed E-state index contributed by atoms with van der Waals surface area (Å²) in [6.07, 6.45) is 6.93. The number of carbonyl (C=O) groups excluding carboxylic acids is 1. The molecular weight excluding hydrogens is 348 g/mol. The second-order valence-corrected chi connectivity index (χ2v) is 8.24. The van der Waals surface area contributed by atoms with E-state index in [0.717, 1.165) is 43.3 Å². The predicted molar refractivity (Wildman–Crippen MR) is 117 cm³/mol. The highest BCUT2D eigenvalue weighted by Gasteiger charge is 2.16. The van der Waals surface area contributed by atoms with Crippen molar-refractivity contribution in [2.45, 2.75) is 40.0 Å². The molecule has 1 aliphatic rings. The third-order valence-corrected chi connectivity index (χ3v) is 5.33. The van der Waals surface area contributed by atoms with Crippen molar-refractivity contribution in [1.82, 2.24) is 4.98 Å². The van der Waals surface area contributed by atoms with Gasteiger partial charge in [-0.25, -0.2) is 0 Å². The van der Waals surface area contributed by atoms with E-state index in [1.165, 1.54) is 18.5 Å². The van der Waals surface area contributed by atoms with Gasteiger partial charge in [-0.3, -0.25) is 9.78 Å². The average molecular weight is 381 g/mol. The van der Waals surface area contributed by atoms with Gasteiger partial charge in [0.05, 0.1) is 11.3 Å². The number of hydrogen-bond acceptors (Lipinski definition) is 4. The second-order valence-electron chi connectivity index (χ2n) is 8.24. The van der Waals surface area contributed by atoms with Crippen LogP contribution < -0.4 is 15.5 Å². The van der Waals surface area contributed by atoms with Crippen molar-refractivity contribution in [1.29, 1.82) is 0 Å². The fraction of sp³-hybridized carbons (Fsp3) is 0.478. The van der Waals surface area contributed by atoms with Crippen LogP contribution in [0.4, 0.5) is 17.1 Å². The molecule has 0 atom stereocenters. The van der Waals surface area contributed by atoms with Crippen molar-refractivity contribution in [2.75, 3.05) is 35.2 Å². The summed E-state index contributed by atoms with van der Waals surface area (Å²) >= 11 is 0. The molecule has 1 amide bonds. The number of benzene rings is 1. The first-order valence-electron chi connectivity index (χ1n) is 10.4. The van der Waals surface area contributed by atoms with E-state index >= 15 is 0 Å². The van der Waals surface area contributed by atoms with Crippen LogP contribution in [0.2, 0.25) is 0 Å². The zero-order valence-electron chi connectivity index (χ0n) is 17.2. The molecule has 1 aliphatic heterocycles. The summed E-state index contributed by atoms with van der Waals surface area (Å²) in [6.45, 7) is 9.80. The van der Waals surface area contributed by atoms with Crippen molar-refractivity contribution in [3.63, 3.8) is 0 Å². The van der Waals surface area contributed by atoms with Crippen molar-refractivity contribution in [2.24, 2.45) is 11.8 Å². The molecule has 0 aliphatic carbocycles. The Bertz CT molecular complexity index is 764. The van der Waals surface area contributed by atoms with Crippen LogP contribution in [-0.4, -0.2) is 30.5 Å². The summed E-state index contributed by atoms with van der Waals surface area (Å²) in [5.41, 5.74) is 3.46. The number of rotatable bonds is 7. The summed E-state index contributed by atoms with van der Waals surface area (Å²) in [5, 5.41) is 6.31.